The van der Waals surface area contributed by atoms with Crippen molar-refractivity contribution < 1.29 is 4.74 Å². The average molecular weight is 252 g/mol. The molecule has 94 valence electrons. The number of hydrogen-bond acceptors (Lipinski definition) is 2. The van der Waals surface area contributed by atoms with Gasteiger partial charge in [-0.1, -0.05) is 19.1 Å². The lowest BCUT2D eigenvalue weighted by atomic mass is 10.1. The van der Waals surface area contributed by atoms with E-state index in [2.05, 4.69) is 24.5 Å². The van der Waals surface area contributed by atoms with E-state index in [1.165, 1.54) is 5.56 Å². The van der Waals surface area contributed by atoms with Crippen molar-refractivity contribution in [2.75, 3.05) is 13.7 Å². The second-order valence-corrected chi connectivity index (χ2v) is 4.30. The molecule has 0 radical (unpaired) electrons. The van der Waals surface area contributed by atoms with Gasteiger partial charge in [-0.25, -0.2) is 0 Å². The van der Waals surface area contributed by atoms with Crippen molar-refractivity contribution in [1.29, 1.82) is 0 Å². The molecule has 0 fully saturated rings. The van der Waals surface area contributed by atoms with Gasteiger partial charge in [0.2, 0.25) is 0 Å². The Bertz CT molecular complexity index is 351. The zero-order valence-corrected chi connectivity index (χ0v) is 11.4. The molecule has 0 aromatic heterocycles. The molecule has 1 rings (SSSR count). The molecule has 0 saturated carbocycles. The van der Waals surface area contributed by atoms with E-state index in [0.29, 0.717) is 5.11 Å². The van der Waals surface area contributed by atoms with Gasteiger partial charge >= 0.3 is 0 Å². The summed E-state index contributed by atoms with van der Waals surface area (Å²) >= 11 is 5.20. The van der Waals surface area contributed by atoms with Crippen molar-refractivity contribution in [3.63, 3.8) is 0 Å². The van der Waals surface area contributed by atoms with Crippen LogP contribution in [0.3, 0.4) is 0 Å². The molecule has 17 heavy (non-hydrogen) atoms. The number of methoxy groups -OCH3 is 1. The molecular weight excluding hydrogens is 232 g/mol. The van der Waals surface area contributed by atoms with Crippen LogP contribution in [0.2, 0.25) is 0 Å². The van der Waals surface area contributed by atoms with Crippen LogP contribution in [0.5, 0.6) is 5.75 Å². The highest BCUT2D eigenvalue weighted by atomic mass is 32.1. The molecule has 1 aromatic carbocycles. The summed E-state index contributed by atoms with van der Waals surface area (Å²) in [6.45, 7) is 5.10. The maximum Gasteiger partial charge on any atom is 0.166 e. The molecule has 0 bridgehead atoms. The van der Waals surface area contributed by atoms with Gasteiger partial charge in [-0.15, -0.1) is 0 Å². The Morgan fingerprint density at radius 2 is 2.00 bits per heavy atom. The maximum absolute atomic E-state index is 5.20. The summed E-state index contributed by atoms with van der Waals surface area (Å²) in [6, 6.07) is 8.18. The summed E-state index contributed by atoms with van der Waals surface area (Å²) in [6.07, 6.45) is 1.07. The van der Waals surface area contributed by atoms with Crippen molar-refractivity contribution in [2.24, 2.45) is 0 Å². The topological polar surface area (TPSA) is 33.3 Å². The molecule has 2 N–H and O–H groups in total. The van der Waals surface area contributed by atoms with Crippen molar-refractivity contribution in [3.05, 3.63) is 29.8 Å². The zero-order valence-electron chi connectivity index (χ0n) is 10.6. The van der Waals surface area contributed by atoms with E-state index in [1.54, 1.807) is 7.11 Å². The van der Waals surface area contributed by atoms with Crippen molar-refractivity contribution in [3.8, 4) is 5.75 Å². The Morgan fingerprint density at radius 1 is 1.35 bits per heavy atom. The predicted molar refractivity (Wildman–Crippen MR) is 75.4 cm³/mol. The highest BCUT2D eigenvalue weighted by Crippen LogP contribution is 2.16. The van der Waals surface area contributed by atoms with E-state index in [4.69, 9.17) is 17.0 Å². The fourth-order valence-corrected chi connectivity index (χ4v) is 1.74. The monoisotopic (exact) mass is 252 g/mol. The highest BCUT2D eigenvalue weighted by Gasteiger charge is 2.06. The van der Waals surface area contributed by atoms with Crippen molar-refractivity contribution in [1.82, 2.24) is 10.6 Å². The van der Waals surface area contributed by atoms with Gasteiger partial charge in [0, 0.05) is 6.54 Å². The molecule has 0 saturated heterocycles. The molecule has 1 unspecified atom stereocenters. The minimum atomic E-state index is 0.192. The summed E-state index contributed by atoms with van der Waals surface area (Å²) in [5.74, 6) is 0.868. The van der Waals surface area contributed by atoms with Crippen LogP contribution in [0.15, 0.2) is 24.3 Å². The summed E-state index contributed by atoms with van der Waals surface area (Å²) in [5.41, 5.74) is 1.19. The molecule has 1 aromatic rings. The highest BCUT2D eigenvalue weighted by molar-refractivity contribution is 7.80. The first-order valence-electron chi connectivity index (χ1n) is 5.85. The fraction of sp³-hybridized carbons (Fsp3) is 0.462. The van der Waals surface area contributed by atoms with Crippen LogP contribution in [0, 0.1) is 0 Å². The van der Waals surface area contributed by atoms with Crippen LogP contribution >= 0.6 is 12.2 Å². The Hall–Kier alpha value is -1.29. The fourth-order valence-electron chi connectivity index (χ4n) is 1.46. The molecule has 3 nitrogen and oxygen atoms in total. The number of nitrogens with one attached hydrogen (secondary N) is 2. The van der Waals surface area contributed by atoms with Gasteiger partial charge in [0.15, 0.2) is 5.11 Å². The van der Waals surface area contributed by atoms with E-state index >= 15 is 0 Å². The van der Waals surface area contributed by atoms with Gasteiger partial charge in [-0.2, -0.15) is 0 Å². The Morgan fingerprint density at radius 3 is 2.53 bits per heavy atom. The Labute approximate surface area is 109 Å². The van der Waals surface area contributed by atoms with E-state index in [-0.39, 0.29) is 6.04 Å². The number of hydrogen-bond donors (Lipinski definition) is 2. The molecule has 0 heterocycles. The van der Waals surface area contributed by atoms with E-state index < -0.39 is 0 Å². The maximum atomic E-state index is 5.20. The number of rotatable bonds is 5. The lowest BCUT2D eigenvalue weighted by molar-refractivity contribution is 0.414. The van der Waals surface area contributed by atoms with Crippen LogP contribution in [0.4, 0.5) is 0 Å². The van der Waals surface area contributed by atoms with Gasteiger partial charge in [-0.05, 0) is 43.3 Å². The molecule has 0 aliphatic carbocycles. The van der Waals surface area contributed by atoms with E-state index in [9.17, 15) is 0 Å². The summed E-state index contributed by atoms with van der Waals surface area (Å²) < 4.78 is 5.12. The van der Waals surface area contributed by atoms with E-state index in [0.717, 1.165) is 18.7 Å². The van der Waals surface area contributed by atoms with Crippen molar-refractivity contribution >= 4 is 17.3 Å². The van der Waals surface area contributed by atoms with Crippen molar-refractivity contribution in [2.45, 2.75) is 26.3 Å². The average Bonchev–Trinajstić information content (AvgIpc) is 2.36. The first kappa shape index (κ1) is 13.8. The second kappa shape index (κ2) is 7.12. The predicted octanol–water partition coefficient (Wildman–Crippen LogP) is 2.63. The number of benzene rings is 1. The van der Waals surface area contributed by atoms with Crippen LogP contribution < -0.4 is 15.4 Å². The molecule has 0 aliphatic heterocycles. The molecule has 0 spiro atoms. The SMILES string of the molecule is CCCNC(=S)NC(C)c1ccc(OC)cc1. The number of thiocarbonyl (C=S) groups is 1. The Balaban J connectivity index is 2.51. The van der Waals surface area contributed by atoms with Crippen LogP contribution in [0.1, 0.15) is 31.9 Å². The third-order valence-corrected chi connectivity index (χ3v) is 2.76. The quantitative estimate of drug-likeness (QED) is 0.789. The normalized spacial score (nSPS) is 11.7. The van der Waals surface area contributed by atoms with E-state index in [1.807, 2.05) is 24.3 Å². The van der Waals surface area contributed by atoms with Crippen LogP contribution in [-0.4, -0.2) is 18.8 Å². The largest absolute Gasteiger partial charge is 0.497 e. The minimum absolute atomic E-state index is 0.192. The van der Waals surface area contributed by atoms with Crippen LogP contribution in [-0.2, 0) is 0 Å². The lowest BCUT2D eigenvalue weighted by Crippen LogP contribution is -2.37. The summed E-state index contributed by atoms with van der Waals surface area (Å²) in [4.78, 5) is 0. The molecule has 4 heteroatoms. The van der Waals surface area contributed by atoms with Gasteiger partial charge in [-0.3, -0.25) is 0 Å². The lowest BCUT2D eigenvalue weighted by Gasteiger charge is -2.17. The van der Waals surface area contributed by atoms with Gasteiger partial charge in [0.05, 0.1) is 13.2 Å². The smallest absolute Gasteiger partial charge is 0.166 e. The zero-order chi connectivity index (χ0) is 12.7. The molecule has 1 atom stereocenters. The molecular formula is C13H20N2OS. The first-order valence-corrected chi connectivity index (χ1v) is 6.26. The second-order valence-electron chi connectivity index (χ2n) is 3.90. The summed E-state index contributed by atoms with van der Waals surface area (Å²) in [7, 11) is 1.67. The summed E-state index contributed by atoms with van der Waals surface area (Å²) in [5, 5.41) is 7.10. The van der Waals surface area contributed by atoms with Crippen LogP contribution in [0.25, 0.3) is 0 Å². The molecule has 0 amide bonds. The minimum Gasteiger partial charge on any atom is -0.497 e. The third kappa shape index (κ3) is 4.61. The Kier molecular flexibility index (Phi) is 5.77. The third-order valence-electron chi connectivity index (χ3n) is 2.50. The molecule has 0 aliphatic rings. The van der Waals surface area contributed by atoms with Gasteiger partial charge < -0.3 is 15.4 Å². The first-order chi connectivity index (χ1) is 8.17. The standard InChI is InChI=1S/C13H20N2OS/c1-4-9-14-13(17)15-10(2)11-5-7-12(16-3)8-6-11/h5-8,10H,4,9H2,1-3H3,(H2,14,15,17). The van der Waals surface area contributed by atoms with Gasteiger partial charge in [0.1, 0.15) is 5.75 Å². The number of ether oxygens (including phenoxy) is 1. The van der Waals surface area contributed by atoms with Gasteiger partial charge in [0.25, 0.3) is 0 Å².